The molecule has 0 aromatic carbocycles. The van der Waals surface area contributed by atoms with E-state index in [-0.39, 0.29) is 6.10 Å². The Hall–Kier alpha value is -0.680. The summed E-state index contributed by atoms with van der Waals surface area (Å²) in [5, 5.41) is 4.45. The van der Waals surface area contributed by atoms with Crippen LogP contribution in [0.2, 0.25) is 0 Å². The lowest BCUT2D eigenvalue weighted by Gasteiger charge is -2.04. The van der Waals surface area contributed by atoms with Crippen molar-refractivity contribution in [2.24, 2.45) is 0 Å². The van der Waals surface area contributed by atoms with Crippen molar-refractivity contribution < 1.29 is 4.74 Å². The summed E-state index contributed by atoms with van der Waals surface area (Å²) in [4.78, 5) is 0. The Morgan fingerprint density at radius 2 is 2.36 bits per heavy atom. The first-order valence-corrected chi connectivity index (χ1v) is 4.16. The second kappa shape index (κ2) is 3.64. The molecule has 0 radical (unpaired) electrons. The van der Waals surface area contributed by atoms with Crippen molar-refractivity contribution in [1.82, 2.24) is 9.59 Å². The first-order chi connectivity index (χ1) is 5.20. The molecule has 0 unspecified atom stereocenters. The number of nitrogen functional groups attached to an aromatic ring is 1. The van der Waals surface area contributed by atoms with Crippen LogP contribution in [0.3, 0.4) is 0 Å². The fraction of sp³-hybridized carbons (Fsp3) is 0.667. The van der Waals surface area contributed by atoms with E-state index < -0.39 is 0 Å². The van der Waals surface area contributed by atoms with E-state index in [0.717, 1.165) is 5.69 Å². The molecule has 0 atom stereocenters. The standard InChI is InChI=1S/C6H11N3OS/c1-4(2)10-3-5-6(7)11-9-8-5/h4H,3,7H2,1-2H3. The summed E-state index contributed by atoms with van der Waals surface area (Å²) in [7, 11) is 0. The number of hydrogen-bond acceptors (Lipinski definition) is 5. The lowest BCUT2D eigenvalue weighted by atomic mass is 10.4. The average Bonchev–Trinajstić information content (AvgIpc) is 2.31. The summed E-state index contributed by atoms with van der Waals surface area (Å²) >= 11 is 1.19. The Labute approximate surface area is 69.5 Å². The van der Waals surface area contributed by atoms with E-state index in [1.54, 1.807) is 0 Å². The fourth-order valence-electron chi connectivity index (χ4n) is 0.561. The molecular formula is C6H11N3OS. The van der Waals surface area contributed by atoms with Crippen LogP contribution in [0.1, 0.15) is 19.5 Å². The Kier molecular flexibility index (Phi) is 2.78. The van der Waals surface area contributed by atoms with Gasteiger partial charge in [-0.3, -0.25) is 0 Å². The minimum atomic E-state index is 0.205. The zero-order valence-corrected chi connectivity index (χ0v) is 7.39. The molecule has 1 heterocycles. The first-order valence-electron chi connectivity index (χ1n) is 3.38. The Morgan fingerprint density at radius 3 is 2.82 bits per heavy atom. The summed E-state index contributed by atoms with van der Waals surface area (Å²) in [6.45, 7) is 4.39. The lowest BCUT2D eigenvalue weighted by molar-refractivity contribution is 0.0639. The third-order valence-electron chi connectivity index (χ3n) is 1.14. The maximum Gasteiger partial charge on any atom is 0.133 e. The van der Waals surface area contributed by atoms with Crippen molar-refractivity contribution in [2.45, 2.75) is 26.6 Å². The topological polar surface area (TPSA) is 61.0 Å². The molecule has 2 N–H and O–H groups in total. The Bertz CT molecular complexity index is 223. The molecule has 0 aliphatic carbocycles. The van der Waals surface area contributed by atoms with Crippen LogP contribution >= 0.6 is 11.5 Å². The molecule has 0 aliphatic heterocycles. The SMILES string of the molecule is CC(C)OCc1nnsc1N. The first kappa shape index (κ1) is 8.42. The number of aromatic nitrogens is 2. The highest BCUT2D eigenvalue weighted by Crippen LogP contribution is 2.13. The Balaban J connectivity index is 2.44. The van der Waals surface area contributed by atoms with Gasteiger partial charge in [-0.1, -0.05) is 4.49 Å². The van der Waals surface area contributed by atoms with E-state index in [2.05, 4.69) is 9.59 Å². The molecule has 0 aliphatic rings. The summed E-state index contributed by atoms with van der Waals surface area (Å²) < 4.78 is 8.98. The van der Waals surface area contributed by atoms with Crippen LogP contribution in [-0.2, 0) is 11.3 Å². The van der Waals surface area contributed by atoms with E-state index in [9.17, 15) is 0 Å². The quantitative estimate of drug-likeness (QED) is 0.742. The normalized spacial score (nSPS) is 10.8. The largest absolute Gasteiger partial charge is 0.388 e. The lowest BCUT2D eigenvalue weighted by Crippen LogP contribution is -2.03. The molecule has 0 bridgehead atoms. The van der Waals surface area contributed by atoms with Gasteiger partial charge in [0.05, 0.1) is 12.7 Å². The van der Waals surface area contributed by atoms with Crippen LogP contribution in [0, 0.1) is 0 Å². The van der Waals surface area contributed by atoms with Crippen LogP contribution in [0.5, 0.6) is 0 Å². The minimum absolute atomic E-state index is 0.205. The van der Waals surface area contributed by atoms with Crippen LogP contribution in [-0.4, -0.2) is 15.7 Å². The van der Waals surface area contributed by atoms with Crippen molar-refractivity contribution >= 4 is 16.5 Å². The number of rotatable bonds is 3. The average molecular weight is 173 g/mol. The predicted molar refractivity (Wildman–Crippen MR) is 44.2 cm³/mol. The number of hydrogen-bond donors (Lipinski definition) is 1. The third kappa shape index (κ3) is 2.44. The number of nitrogens with zero attached hydrogens (tertiary/aromatic N) is 2. The van der Waals surface area contributed by atoms with Crippen molar-refractivity contribution in [2.75, 3.05) is 5.73 Å². The van der Waals surface area contributed by atoms with E-state index in [4.69, 9.17) is 10.5 Å². The summed E-state index contributed by atoms with van der Waals surface area (Å²) in [5.74, 6) is 0. The summed E-state index contributed by atoms with van der Waals surface area (Å²) in [6, 6.07) is 0. The minimum Gasteiger partial charge on any atom is -0.388 e. The van der Waals surface area contributed by atoms with Gasteiger partial charge in [0.1, 0.15) is 10.7 Å². The van der Waals surface area contributed by atoms with Gasteiger partial charge in [0.15, 0.2) is 0 Å². The van der Waals surface area contributed by atoms with Gasteiger partial charge in [0, 0.05) is 11.5 Å². The molecule has 0 fully saturated rings. The molecule has 1 aromatic heterocycles. The molecule has 11 heavy (non-hydrogen) atoms. The van der Waals surface area contributed by atoms with Crippen molar-refractivity contribution in [3.8, 4) is 0 Å². The van der Waals surface area contributed by atoms with Crippen molar-refractivity contribution in [3.63, 3.8) is 0 Å². The van der Waals surface area contributed by atoms with Gasteiger partial charge < -0.3 is 10.5 Å². The van der Waals surface area contributed by atoms with Gasteiger partial charge in [-0.2, -0.15) is 0 Å². The van der Waals surface area contributed by atoms with Gasteiger partial charge in [-0.15, -0.1) is 5.10 Å². The molecule has 62 valence electrons. The zero-order valence-electron chi connectivity index (χ0n) is 6.57. The highest BCUT2D eigenvalue weighted by Gasteiger charge is 2.04. The molecule has 0 spiro atoms. The van der Waals surface area contributed by atoms with Crippen LogP contribution in [0.15, 0.2) is 0 Å². The highest BCUT2D eigenvalue weighted by atomic mass is 32.1. The maximum absolute atomic E-state index is 5.54. The number of ether oxygens (including phenoxy) is 1. The molecule has 0 saturated heterocycles. The second-order valence-electron chi connectivity index (χ2n) is 2.44. The van der Waals surface area contributed by atoms with Gasteiger partial charge in [-0.05, 0) is 13.8 Å². The van der Waals surface area contributed by atoms with Crippen molar-refractivity contribution in [1.29, 1.82) is 0 Å². The number of anilines is 1. The zero-order chi connectivity index (χ0) is 8.27. The molecule has 0 amide bonds. The fourth-order valence-corrected chi connectivity index (χ4v) is 0.994. The van der Waals surface area contributed by atoms with E-state index in [1.807, 2.05) is 13.8 Å². The molecule has 4 nitrogen and oxygen atoms in total. The third-order valence-corrected chi connectivity index (χ3v) is 1.73. The van der Waals surface area contributed by atoms with Gasteiger partial charge >= 0.3 is 0 Å². The van der Waals surface area contributed by atoms with Crippen molar-refractivity contribution in [3.05, 3.63) is 5.69 Å². The van der Waals surface area contributed by atoms with Crippen LogP contribution in [0.4, 0.5) is 5.00 Å². The molecule has 1 rings (SSSR count). The van der Waals surface area contributed by atoms with Gasteiger partial charge in [0.2, 0.25) is 0 Å². The van der Waals surface area contributed by atoms with E-state index >= 15 is 0 Å². The monoisotopic (exact) mass is 173 g/mol. The van der Waals surface area contributed by atoms with Crippen LogP contribution in [0.25, 0.3) is 0 Å². The Morgan fingerprint density at radius 1 is 1.64 bits per heavy atom. The van der Waals surface area contributed by atoms with E-state index in [1.165, 1.54) is 11.5 Å². The van der Waals surface area contributed by atoms with Crippen LogP contribution < -0.4 is 5.73 Å². The molecule has 1 aromatic rings. The number of nitrogens with two attached hydrogens (primary N) is 1. The maximum atomic E-state index is 5.54. The molecule has 5 heteroatoms. The van der Waals surface area contributed by atoms with Gasteiger partial charge in [0.25, 0.3) is 0 Å². The molecule has 0 saturated carbocycles. The predicted octanol–water partition coefficient (Wildman–Crippen LogP) is 1.05. The smallest absolute Gasteiger partial charge is 0.133 e. The second-order valence-corrected chi connectivity index (χ2v) is 3.23. The summed E-state index contributed by atoms with van der Waals surface area (Å²) in [5.41, 5.74) is 6.28. The highest BCUT2D eigenvalue weighted by molar-refractivity contribution is 7.09. The molecular weight excluding hydrogens is 162 g/mol. The van der Waals surface area contributed by atoms with Gasteiger partial charge in [-0.25, -0.2) is 0 Å². The summed E-state index contributed by atoms with van der Waals surface area (Å²) in [6.07, 6.45) is 0.205. The van der Waals surface area contributed by atoms with E-state index in [0.29, 0.717) is 11.6 Å².